The van der Waals surface area contributed by atoms with E-state index in [4.69, 9.17) is 23.2 Å². The summed E-state index contributed by atoms with van der Waals surface area (Å²) in [6.45, 7) is 0. The molecule has 3 rings (SSSR count). The fourth-order valence-corrected chi connectivity index (χ4v) is 2.47. The molecule has 0 fully saturated rings. The van der Waals surface area contributed by atoms with Crippen LogP contribution in [0.1, 0.15) is 11.1 Å². The monoisotopic (exact) mass is 325 g/mol. The average molecular weight is 326 g/mol. The highest BCUT2D eigenvalue weighted by atomic mass is 35.5. The summed E-state index contributed by atoms with van der Waals surface area (Å²) in [6, 6.07) is 7.30. The quantitative estimate of drug-likeness (QED) is 0.752. The molecule has 2 nitrogen and oxygen atoms in total. The van der Waals surface area contributed by atoms with Crippen molar-refractivity contribution >= 4 is 46.4 Å². The molecule has 2 aromatic carbocycles. The second-order valence-corrected chi connectivity index (χ2v) is 5.25. The van der Waals surface area contributed by atoms with Crippen molar-refractivity contribution in [2.24, 2.45) is 0 Å². The van der Waals surface area contributed by atoms with Gasteiger partial charge in [-0.25, -0.2) is 8.78 Å². The predicted molar refractivity (Wildman–Crippen MR) is 79.3 cm³/mol. The van der Waals surface area contributed by atoms with E-state index >= 15 is 0 Å². The number of nitrogens with one attached hydrogen (secondary N) is 1. The van der Waals surface area contributed by atoms with Gasteiger partial charge in [-0.1, -0.05) is 41.4 Å². The van der Waals surface area contributed by atoms with Crippen molar-refractivity contribution in [3.63, 3.8) is 0 Å². The zero-order chi connectivity index (χ0) is 15.1. The van der Waals surface area contributed by atoms with Crippen LogP contribution in [-0.2, 0) is 4.79 Å². The summed E-state index contributed by atoms with van der Waals surface area (Å²) in [5, 5.41) is 2.24. The minimum Gasteiger partial charge on any atom is -0.319 e. The number of anilines is 1. The molecule has 0 aromatic heterocycles. The normalized spacial score (nSPS) is 15.2. The van der Waals surface area contributed by atoms with Gasteiger partial charge in [0.15, 0.2) is 5.82 Å². The first kappa shape index (κ1) is 14.0. The third kappa shape index (κ3) is 2.30. The first-order chi connectivity index (χ1) is 9.99. The number of fused-ring (bicyclic) bond motifs is 1. The van der Waals surface area contributed by atoms with Gasteiger partial charge in [-0.05, 0) is 18.2 Å². The van der Waals surface area contributed by atoms with E-state index in [0.717, 1.165) is 0 Å². The Hall–Kier alpha value is -1.91. The van der Waals surface area contributed by atoms with E-state index < -0.39 is 17.5 Å². The highest BCUT2D eigenvalue weighted by molar-refractivity contribution is 6.37. The molecule has 0 unspecified atom stereocenters. The van der Waals surface area contributed by atoms with E-state index in [1.165, 1.54) is 30.3 Å². The Bertz CT molecular complexity index is 803. The third-order valence-electron chi connectivity index (χ3n) is 3.15. The lowest BCUT2D eigenvalue weighted by atomic mass is 10.0. The second-order valence-electron chi connectivity index (χ2n) is 4.44. The molecule has 1 amide bonds. The molecule has 0 atom stereocenters. The third-order valence-corrected chi connectivity index (χ3v) is 3.73. The number of halogens is 4. The van der Waals surface area contributed by atoms with Gasteiger partial charge in [0.2, 0.25) is 0 Å². The Morgan fingerprint density at radius 1 is 1.00 bits per heavy atom. The fourth-order valence-electron chi connectivity index (χ4n) is 2.13. The van der Waals surface area contributed by atoms with Crippen LogP contribution in [-0.4, -0.2) is 5.91 Å². The first-order valence-corrected chi connectivity index (χ1v) is 6.70. The number of amides is 1. The molecule has 6 heteroatoms. The van der Waals surface area contributed by atoms with E-state index in [1.807, 2.05) is 0 Å². The van der Waals surface area contributed by atoms with Crippen LogP contribution in [0.2, 0.25) is 10.0 Å². The molecule has 0 saturated carbocycles. The van der Waals surface area contributed by atoms with Gasteiger partial charge >= 0.3 is 0 Å². The minimum atomic E-state index is -0.711. The first-order valence-electron chi connectivity index (χ1n) is 5.94. The van der Waals surface area contributed by atoms with Crippen molar-refractivity contribution in [1.82, 2.24) is 0 Å². The largest absolute Gasteiger partial charge is 0.319 e. The average Bonchev–Trinajstić information content (AvgIpc) is 2.77. The summed E-state index contributed by atoms with van der Waals surface area (Å²) in [4.78, 5) is 12.0. The van der Waals surface area contributed by atoms with Crippen molar-refractivity contribution in [2.45, 2.75) is 0 Å². The topological polar surface area (TPSA) is 29.1 Å². The molecule has 0 bridgehead atoms. The lowest BCUT2D eigenvalue weighted by Crippen LogP contribution is -2.04. The molecule has 21 heavy (non-hydrogen) atoms. The van der Waals surface area contributed by atoms with Crippen LogP contribution >= 0.6 is 23.2 Å². The zero-order valence-electron chi connectivity index (χ0n) is 10.4. The van der Waals surface area contributed by atoms with E-state index in [0.29, 0.717) is 5.56 Å². The molecule has 106 valence electrons. The van der Waals surface area contributed by atoms with Crippen molar-refractivity contribution in [3.8, 4) is 0 Å². The molecule has 0 radical (unpaired) electrons. The second kappa shape index (κ2) is 5.13. The van der Waals surface area contributed by atoms with Gasteiger partial charge in [-0.2, -0.15) is 0 Å². The Morgan fingerprint density at radius 3 is 2.48 bits per heavy atom. The summed E-state index contributed by atoms with van der Waals surface area (Å²) >= 11 is 11.4. The van der Waals surface area contributed by atoms with Crippen LogP contribution < -0.4 is 5.32 Å². The van der Waals surface area contributed by atoms with Crippen molar-refractivity contribution in [2.75, 3.05) is 5.32 Å². The summed E-state index contributed by atoms with van der Waals surface area (Å²) in [5.41, 5.74) is 0.639. The molecule has 1 N–H and O–H groups in total. The fraction of sp³-hybridized carbons (Fsp3) is 0. The van der Waals surface area contributed by atoms with Crippen molar-refractivity contribution in [1.29, 1.82) is 0 Å². The molecule has 0 aliphatic carbocycles. The van der Waals surface area contributed by atoms with E-state index in [2.05, 4.69) is 5.32 Å². The minimum absolute atomic E-state index is 0.00110. The van der Waals surface area contributed by atoms with Crippen LogP contribution in [0.25, 0.3) is 11.6 Å². The number of rotatable bonds is 1. The molecule has 1 aliphatic rings. The number of benzene rings is 2. The smallest absolute Gasteiger partial charge is 0.256 e. The molecule has 2 aromatic rings. The Balaban J connectivity index is 2.17. The van der Waals surface area contributed by atoms with Crippen LogP contribution in [0.5, 0.6) is 0 Å². The summed E-state index contributed by atoms with van der Waals surface area (Å²) < 4.78 is 27.8. The maximum absolute atomic E-state index is 13.9. The van der Waals surface area contributed by atoms with E-state index in [-0.39, 0.29) is 26.9 Å². The highest BCUT2D eigenvalue weighted by Crippen LogP contribution is 2.38. The zero-order valence-corrected chi connectivity index (χ0v) is 11.9. The lowest BCUT2D eigenvalue weighted by molar-refractivity contribution is -0.110. The molecule has 0 saturated heterocycles. The molecular formula is C15H7Cl2F2NO. The van der Waals surface area contributed by atoms with Crippen LogP contribution in [0, 0.1) is 11.6 Å². The van der Waals surface area contributed by atoms with E-state index in [1.54, 1.807) is 6.07 Å². The maximum Gasteiger partial charge on any atom is 0.256 e. The SMILES string of the molecule is O=C1Nc2c(ccc(Cl)c2F)/C1=C\c1cccc(Cl)c1F. The molecule has 1 heterocycles. The van der Waals surface area contributed by atoms with Crippen LogP contribution in [0.15, 0.2) is 30.3 Å². The number of hydrogen-bond acceptors (Lipinski definition) is 1. The number of carbonyl (C=O) groups excluding carboxylic acids is 1. The van der Waals surface area contributed by atoms with Gasteiger partial charge in [-0.15, -0.1) is 0 Å². The van der Waals surface area contributed by atoms with Gasteiger partial charge in [0.1, 0.15) is 5.82 Å². The standard InChI is InChI=1S/C15H7Cl2F2NO/c16-10-3-1-2-7(12(10)18)6-9-8-4-5-11(17)13(19)14(8)20-15(9)21/h1-6H,(H,20,21)/b9-6+. The molecule has 1 aliphatic heterocycles. The predicted octanol–water partition coefficient (Wildman–Crippen LogP) is 4.76. The molecular weight excluding hydrogens is 319 g/mol. The van der Waals surface area contributed by atoms with Gasteiger partial charge < -0.3 is 5.32 Å². The van der Waals surface area contributed by atoms with Gasteiger partial charge in [0.25, 0.3) is 5.91 Å². The van der Waals surface area contributed by atoms with Gasteiger partial charge in [0.05, 0.1) is 15.7 Å². The van der Waals surface area contributed by atoms with Crippen molar-refractivity contribution < 1.29 is 13.6 Å². The summed E-state index contributed by atoms with van der Waals surface area (Å²) in [7, 11) is 0. The summed E-state index contributed by atoms with van der Waals surface area (Å²) in [6.07, 6.45) is 1.33. The Labute approximate surface area is 129 Å². The van der Waals surface area contributed by atoms with E-state index in [9.17, 15) is 13.6 Å². The van der Waals surface area contributed by atoms with Crippen molar-refractivity contribution in [3.05, 3.63) is 63.1 Å². The van der Waals surface area contributed by atoms with Crippen LogP contribution in [0.4, 0.5) is 14.5 Å². The van der Waals surface area contributed by atoms with Gasteiger partial charge in [0, 0.05) is 16.7 Å². The number of hydrogen-bond donors (Lipinski definition) is 1. The Kier molecular flexibility index (Phi) is 3.43. The molecule has 0 spiro atoms. The summed E-state index contributed by atoms with van der Waals surface area (Å²) in [5.74, 6) is -1.87. The number of carbonyl (C=O) groups is 1. The Morgan fingerprint density at radius 2 is 1.71 bits per heavy atom. The van der Waals surface area contributed by atoms with Gasteiger partial charge in [-0.3, -0.25) is 4.79 Å². The van der Waals surface area contributed by atoms with Crippen LogP contribution in [0.3, 0.4) is 0 Å². The highest BCUT2D eigenvalue weighted by Gasteiger charge is 2.28. The lowest BCUT2D eigenvalue weighted by Gasteiger charge is -2.02. The maximum atomic E-state index is 13.9.